The van der Waals surface area contributed by atoms with Crippen molar-refractivity contribution < 1.29 is 23.4 Å². The van der Waals surface area contributed by atoms with Crippen LogP contribution in [0.4, 0.5) is 13.6 Å². The fourth-order valence-corrected chi connectivity index (χ4v) is 5.57. The average molecular weight is 509 g/mol. The molecular weight excluding hydrogens is 474 g/mol. The molecule has 0 radical (unpaired) electrons. The first kappa shape index (κ1) is 27.4. The highest BCUT2D eigenvalue weighted by Gasteiger charge is 2.63. The van der Waals surface area contributed by atoms with Crippen LogP contribution in [0.1, 0.15) is 63.5 Å². The summed E-state index contributed by atoms with van der Waals surface area (Å²) in [4.78, 5) is 16.2. The van der Waals surface area contributed by atoms with Gasteiger partial charge in [0.15, 0.2) is 11.3 Å². The summed E-state index contributed by atoms with van der Waals surface area (Å²) in [5.41, 5.74) is -0.197. The van der Waals surface area contributed by atoms with E-state index in [4.69, 9.17) is 4.74 Å². The number of carbonyl (C=O) groups is 1. The second kappa shape index (κ2) is 10.8. The van der Waals surface area contributed by atoms with E-state index < -0.39 is 17.4 Å². The molecule has 1 N–H and O–H groups in total. The summed E-state index contributed by atoms with van der Waals surface area (Å²) < 4.78 is 32.7. The summed E-state index contributed by atoms with van der Waals surface area (Å²) in [6.45, 7) is 7.76. The van der Waals surface area contributed by atoms with E-state index in [0.29, 0.717) is 12.8 Å². The largest absolute Gasteiger partial charge is 0.437 e. The van der Waals surface area contributed by atoms with E-state index in [1.807, 2.05) is 13.8 Å². The van der Waals surface area contributed by atoms with Crippen LogP contribution in [0.25, 0.3) is 0 Å². The second-order valence-corrected chi connectivity index (χ2v) is 9.99. The van der Waals surface area contributed by atoms with Gasteiger partial charge in [-0.15, -0.1) is 12.4 Å². The molecule has 2 aromatic carbocycles. The van der Waals surface area contributed by atoms with E-state index in [1.54, 1.807) is 31.2 Å². The topological polar surface area (TPSA) is 53.0 Å². The van der Waals surface area contributed by atoms with Gasteiger partial charge in [0.2, 0.25) is 0 Å². The molecule has 35 heavy (non-hydrogen) atoms. The monoisotopic (exact) mass is 508 g/mol. The Balaban J connectivity index is 0.00000342. The zero-order valence-corrected chi connectivity index (χ0v) is 21.4. The van der Waals surface area contributed by atoms with Crippen LogP contribution in [0.3, 0.4) is 0 Å². The highest BCUT2D eigenvalue weighted by Crippen LogP contribution is 2.45. The number of likely N-dealkylation sites (tertiary alicyclic amines) is 1. The van der Waals surface area contributed by atoms with Crippen molar-refractivity contribution in [1.29, 1.82) is 0 Å². The van der Waals surface area contributed by atoms with E-state index in [-0.39, 0.29) is 36.0 Å². The maximum atomic E-state index is 13.5. The number of aliphatic hydroxyl groups is 1. The Kier molecular flexibility index (Phi) is 8.45. The molecule has 2 aliphatic rings. The summed E-state index contributed by atoms with van der Waals surface area (Å²) >= 11 is 0. The second-order valence-electron chi connectivity index (χ2n) is 9.99. The molecule has 0 bridgehead atoms. The van der Waals surface area contributed by atoms with Gasteiger partial charge >= 0.3 is 6.09 Å². The Hall–Kier alpha value is -2.22. The number of piperidine rings is 1. The molecule has 0 aromatic heterocycles. The average Bonchev–Trinajstić information content (AvgIpc) is 2.98. The molecule has 192 valence electrons. The van der Waals surface area contributed by atoms with Gasteiger partial charge in [-0.2, -0.15) is 0 Å². The number of carbonyl (C=O) groups excluding carboxylic acids is 1. The molecule has 2 aromatic rings. The van der Waals surface area contributed by atoms with E-state index in [1.165, 1.54) is 29.2 Å². The third-order valence-corrected chi connectivity index (χ3v) is 7.50. The highest BCUT2D eigenvalue weighted by atomic mass is 35.5. The number of hydrogen-bond acceptors (Lipinski definition) is 4. The summed E-state index contributed by atoms with van der Waals surface area (Å²) in [6, 6.07) is 12.9. The summed E-state index contributed by atoms with van der Waals surface area (Å²) in [5.74, 6) is -0.500. The molecule has 1 unspecified atom stereocenters. The van der Waals surface area contributed by atoms with Crippen molar-refractivity contribution in [1.82, 2.24) is 9.80 Å². The van der Waals surface area contributed by atoms with Gasteiger partial charge in [-0.25, -0.2) is 13.6 Å². The standard InChI is InChI=1S/C27H34F2N2O3.ClH/c1-19(2)31-25(32)34-27(26(31,3)33)14-17-30(18-15-27)16-4-5-24(20-6-10-22(28)11-7-20)21-8-12-23(29)13-9-21;/h6-13,19,24,33H,4-5,14-18H2,1-3H3;1H. The van der Waals surface area contributed by atoms with E-state index >= 15 is 0 Å². The van der Waals surface area contributed by atoms with Gasteiger partial charge in [-0.05, 0) is 75.5 Å². The first-order valence-electron chi connectivity index (χ1n) is 12.1. The van der Waals surface area contributed by atoms with E-state index in [9.17, 15) is 18.7 Å². The zero-order chi connectivity index (χ0) is 24.5. The lowest BCUT2D eigenvalue weighted by atomic mass is 9.81. The molecule has 2 heterocycles. The highest BCUT2D eigenvalue weighted by molar-refractivity contribution is 5.85. The number of halogens is 3. The third kappa shape index (κ3) is 5.47. The van der Waals surface area contributed by atoms with Gasteiger partial charge in [0, 0.05) is 37.9 Å². The Morgan fingerprint density at radius 1 is 0.971 bits per heavy atom. The van der Waals surface area contributed by atoms with Gasteiger partial charge in [0.25, 0.3) is 0 Å². The Labute approximate surface area is 212 Å². The van der Waals surface area contributed by atoms with E-state index in [2.05, 4.69) is 4.90 Å². The SMILES string of the molecule is CC(C)N1C(=O)OC2(CCN(CCCC(c3ccc(F)cc3)c3ccc(F)cc3)CC2)C1(C)O.Cl. The smallest absolute Gasteiger partial charge is 0.413 e. The predicted octanol–water partition coefficient (Wildman–Crippen LogP) is 5.70. The summed E-state index contributed by atoms with van der Waals surface area (Å²) in [6.07, 6.45) is 2.45. The molecule has 5 nitrogen and oxygen atoms in total. The minimum absolute atomic E-state index is 0. The summed E-state index contributed by atoms with van der Waals surface area (Å²) in [5, 5.41) is 11.2. The van der Waals surface area contributed by atoms with Gasteiger partial charge in [0.05, 0.1) is 0 Å². The molecular formula is C27H35ClF2N2O3. The molecule has 1 amide bonds. The van der Waals surface area contributed by atoms with Crippen molar-refractivity contribution in [3.05, 3.63) is 71.3 Å². The number of hydrogen-bond donors (Lipinski definition) is 1. The Bertz CT molecular complexity index is 945. The van der Waals surface area contributed by atoms with Crippen molar-refractivity contribution in [3.8, 4) is 0 Å². The minimum Gasteiger partial charge on any atom is -0.437 e. The first-order chi connectivity index (χ1) is 16.1. The first-order valence-corrected chi connectivity index (χ1v) is 12.1. The number of ether oxygens (including phenoxy) is 1. The fraction of sp³-hybridized carbons (Fsp3) is 0.519. The Morgan fingerprint density at radius 3 is 1.89 bits per heavy atom. The number of rotatable bonds is 7. The third-order valence-electron chi connectivity index (χ3n) is 7.50. The Morgan fingerprint density at radius 2 is 1.46 bits per heavy atom. The van der Waals surface area contributed by atoms with Crippen molar-refractivity contribution in [3.63, 3.8) is 0 Å². The number of nitrogens with zero attached hydrogens (tertiary/aromatic N) is 2. The van der Waals surface area contributed by atoms with Crippen molar-refractivity contribution in [2.24, 2.45) is 0 Å². The van der Waals surface area contributed by atoms with Crippen LogP contribution in [-0.2, 0) is 4.74 Å². The molecule has 2 aliphatic heterocycles. The molecule has 0 saturated carbocycles. The van der Waals surface area contributed by atoms with Crippen LogP contribution < -0.4 is 0 Å². The fourth-order valence-electron chi connectivity index (χ4n) is 5.57. The van der Waals surface area contributed by atoms with Crippen LogP contribution >= 0.6 is 12.4 Å². The predicted molar refractivity (Wildman–Crippen MR) is 134 cm³/mol. The maximum Gasteiger partial charge on any atom is 0.413 e. The summed E-state index contributed by atoms with van der Waals surface area (Å²) in [7, 11) is 0. The minimum atomic E-state index is -1.33. The molecule has 0 aliphatic carbocycles. The molecule has 1 spiro atoms. The molecule has 2 fully saturated rings. The maximum absolute atomic E-state index is 13.5. The zero-order valence-electron chi connectivity index (χ0n) is 20.5. The van der Waals surface area contributed by atoms with Crippen LogP contribution in [0, 0.1) is 11.6 Å². The lowest BCUT2D eigenvalue weighted by molar-refractivity contribution is -0.170. The van der Waals surface area contributed by atoms with Gasteiger partial charge in [0.1, 0.15) is 11.6 Å². The number of amides is 1. The molecule has 1 atom stereocenters. The van der Waals surface area contributed by atoms with Crippen molar-refractivity contribution in [2.45, 2.75) is 69.7 Å². The van der Waals surface area contributed by atoms with Gasteiger partial charge < -0.3 is 14.7 Å². The lowest BCUT2D eigenvalue weighted by Crippen LogP contribution is -2.61. The van der Waals surface area contributed by atoms with Crippen LogP contribution in [-0.4, -0.2) is 58.0 Å². The van der Waals surface area contributed by atoms with E-state index in [0.717, 1.165) is 43.6 Å². The quantitative estimate of drug-likeness (QED) is 0.521. The van der Waals surface area contributed by atoms with Crippen LogP contribution in [0.15, 0.2) is 48.5 Å². The molecule has 8 heteroatoms. The molecule has 2 saturated heterocycles. The molecule has 4 rings (SSSR count). The van der Waals surface area contributed by atoms with Crippen LogP contribution in [0.5, 0.6) is 0 Å². The van der Waals surface area contributed by atoms with Crippen molar-refractivity contribution in [2.75, 3.05) is 19.6 Å². The van der Waals surface area contributed by atoms with Crippen molar-refractivity contribution >= 4 is 18.5 Å². The van der Waals surface area contributed by atoms with Gasteiger partial charge in [-0.3, -0.25) is 4.90 Å². The van der Waals surface area contributed by atoms with Crippen LogP contribution in [0.2, 0.25) is 0 Å². The van der Waals surface area contributed by atoms with Gasteiger partial charge in [-0.1, -0.05) is 24.3 Å². The normalized spacial score (nSPS) is 22.1. The number of benzene rings is 2. The lowest BCUT2D eigenvalue weighted by Gasteiger charge is -2.45.